The second-order valence-electron chi connectivity index (χ2n) is 7.37. The number of nitrogens with zero attached hydrogens (tertiary/aromatic N) is 2. The fraction of sp³-hybridized carbons (Fsp3) is 0.400. The first-order valence-corrected chi connectivity index (χ1v) is 9.72. The third kappa shape index (κ3) is 4.60. The molecule has 2 aromatic carbocycles. The van der Waals surface area contributed by atoms with Gasteiger partial charge in [0.15, 0.2) is 12.6 Å². The first-order chi connectivity index (χ1) is 15.3. The highest BCUT2D eigenvalue weighted by atomic mass is 16.7. The molecule has 0 bridgehead atoms. The minimum absolute atomic E-state index is 0.0243. The Morgan fingerprint density at radius 2 is 1.34 bits per heavy atom. The molecule has 2 N–H and O–H groups in total. The predicted octanol–water partition coefficient (Wildman–Crippen LogP) is 1.75. The van der Waals surface area contributed by atoms with Gasteiger partial charge in [0, 0.05) is 35.4 Å². The van der Waals surface area contributed by atoms with E-state index < -0.39 is 46.8 Å². The molecule has 0 saturated carbocycles. The van der Waals surface area contributed by atoms with Crippen molar-refractivity contribution in [1.29, 1.82) is 0 Å². The Morgan fingerprint density at radius 3 is 1.91 bits per heavy atom. The number of nitro groups is 2. The number of nitro benzene ring substituents is 2. The molecule has 2 aliphatic rings. The van der Waals surface area contributed by atoms with Gasteiger partial charge in [-0.25, -0.2) is 0 Å². The van der Waals surface area contributed by atoms with Crippen LogP contribution in [-0.2, 0) is 18.9 Å². The summed E-state index contributed by atoms with van der Waals surface area (Å²) in [6, 6.07) is 11.4. The van der Waals surface area contributed by atoms with E-state index in [4.69, 9.17) is 18.9 Å². The molecular weight excluding hydrogens is 428 g/mol. The lowest BCUT2D eigenvalue weighted by Gasteiger charge is -2.28. The molecule has 0 aromatic heterocycles. The average Bonchev–Trinajstić information content (AvgIpc) is 3.23. The molecule has 4 rings (SSSR count). The zero-order valence-corrected chi connectivity index (χ0v) is 16.6. The summed E-state index contributed by atoms with van der Waals surface area (Å²) in [6.07, 6.45) is -6.67. The number of hydrogen-bond acceptors (Lipinski definition) is 10. The maximum atomic E-state index is 11.1. The van der Waals surface area contributed by atoms with Gasteiger partial charge in [-0.3, -0.25) is 20.2 Å². The van der Waals surface area contributed by atoms with E-state index in [0.717, 1.165) is 0 Å². The van der Waals surface area contributed by atoms with Gasteiger partial charge in [-0.2, -0.15) is 0 Å². The van der Waals surface area contributed by atoms with Crippen molar-refractivity contribution < 1.29 is 39.0 Å². The lowest BCUT2D eigenvalue weighted by atomic mass is 10.0. The number of aliphatic hydroxyl groups is 2. The third-order valence-corrected chi connectivity index (χ3v) is 5.21. The molecule has 12 nitrogen and oxygen atoms in total. The molecule has 2 unspecified atom stereocenters. The van der Waals surface area contributed by atoms with Crippen LogP contribution in [0.3, 0.4) is 0 Å². The van der Waals surface area contributed by atoms with Crippen molar-refractivity contribution in [2.45, 2.75) is 37.0 Å². The number of aliphatic hydroxyl groups excluding tert-OH is 2. The minimum Gasteiger partial charge on any atom is -0.388 e. The summed E-state index contributed by atoms with van der Waals surface area (Å²) in [4.78, 5) is 21.0. The standard InChI is InChI=1S/C20H20N2O10/c23-15-9-29-20(12-4-2-6-14(8-12)22(27)28)32-18(17(15)24)16-10-30-19(31-16)11-3-1-5-13(7-11)21(25)26/h1-8,15-20,23-24H,9-10H2/t15-,16+,17-,18-,19?,20?/m1/s1. The van der Waals surface area contributed by atoms with Crippen LogP contribution in [0.1, 0.15) is 23.7 Å². The fourth-order valence-electron chi connectivity index (χ4n) is 3.58. The number of hydrogen-bond donors (Lipinski definition) is 2. The van der Waals surface area contributed by atoms with Crippen LogP contribution in [0.25, 0.3) is 0 Å². The molecule has 0 radical (unpaired) electrons. The van der Waals surface area contributed by atoms with Crippen LogP contribution >= 0.6 is 0 Å². The third-order valence-electron chi connectivity index (χ3n) is 5.21. The van der Waals surface area contributed by atoms with Crippen LogP contribution < -0.4 is 0 Å². The van der Waals surface area contributed by atoms with Crippen LogP contribution in [0.4, 0.5) is 11.4 Å². The number of benzene rings is 2. The van der Waals surface area contributed by atoms with E-state index in [-0.39, 0.29) is 24.6 Å². The van der Waals surface area contributed by atoms with Gasteiger partial charge in [0.2, 0.25) is 0 Å². The second kappa shape index (κ2) is 9.24. The highest BCUT2D eigenvalue weighted by molar-refractivity contribution is 5.36. The molecular formula is C20H20N2O10. The van der Waals surface area contributed by atoms with Crippen molar-refractivity contribution in [3.05, 3.63) is 79.9 Å². The van der Waals surface area contributed by atoms with Crippen molar-refractivity contribution in [3.8, 4) is 0 Å². The highest BCUT2D eigenvalue weighted by Gasteiger charge is 2.44. The van der Waals surface area contributed by atoms with E-state index in [2.05, 4.69) is 0 Å². The summed E-state index contributed by atoms with van der Waals surface area (Å²) in [5, 5.41) is 42.9. The van der Waals surface area contributed by atoms with E-state index in [1.54, 1.807) is 12.1 Å². The van der Waals surface area contributed by atoms with Crippen molar-refractivity contribution in [2.24, 2.45) is 0 Å². The molecule has 2 aliphatic heterocycles. The van der Waals surface area contributed by atoms with Crippen molar-refractivity contribution in [3.63, 3.8) is 0 Å². The van der Waals surface area contributed by atoms with Gasteiger partial charge in [-0.1, -0.05) is 24.3 Å². The van der Waals surface area contributed by atoms with E-state index in [9.17, 15) is 30.4 Å². The average molecular weight is 448 g/mol. The molecule has 0 amide bonds. The maximum Gasteiger partial charge on any atom is 0.269 e. The van der Waals surface area contributed by atoms with Gasteiger partial charge in [0.1, 0.15) is 24.4 Å². The molecule has 2 fully saturated rings. The molecule has 2 aromatic rings. The van der Waals surface area contributed by atoms with E-state index in [0.29, 0.717) is 11.1 Å². The Labute approximate surface area is 181 Å². The minimum atomic E-state index is -1.39. The summed E-state index contributed by atoms with van der Waals surface area (Å²) < 4.78 is 22.8. The van der Waals surface area contributed by atoms with Crippen LogP contribution in [-0.4, -0.2) is 57.7 Å². The SMILES string of the molecule is O=[N+]([O-])c1cccc(C2OC[C@@H](O)[C@@H](O)[C@@H]([C@@H]3COC(c4cccc([N+](=O)[O-])c4)O3)O2)c1. The Balaban J connectivity index is 1.53. The van der Waals surface area contributed by atoms with Gasteiger partial charge in [0.25, 0.3) is 11.4 Å². The summed E-state index contributed by atoms with van der Waals surface area (Å²) in [5.41, 5.74) is 0.456. The smallest absolute Gasteiger partial charge is 0.269 e. The van der Waals surface area contributed by atoms with E-state index in [1.807, 2.05) is 0 Å². The van der Waals surface area contributed by atoms with Gasteiger partial charge >= 0.3 is 0 Å². The first kappa shape index (κ1) is 22.2. The van der Waals surface area contributed by atoms with E-state index >= 15 is 0 Å². The maximum absolute atomic E-state index is 11.1. The molecule has 32 heavy (non-hydrogen) atoms. The van der Waals surface area contributed by atoms with Crippen LogP contribution in [0.5, 0.6) is 0 Å². The quantitative estimate of drug-likeness (QED) is 0.509. The van der Waals surface area contributed by atoms with Gasteiger partial charge < -0.3 is 29.2 Å². The van der Waals surface area contributed by atoms with Crippen molar-refractivity contribution in [2.75, 3.05) is 13.2 Å². The number of ether oxygens (including phenoxy) is 4. The molecule has 2 saturated heterocycles. The normalized spacial score (nSPS) is 30.6. The highest BCUT2D eigenvalue weighted by Crippen LogP contribution is 2.35. The zero-order valence-electron chi connectivity index (χ0n) is 16.6. The van der Waals surface area contributed by atoms with Crippen LogP contribution in [0.15, 0.2) is 48.5 Å². The van der Waals surface area contributed by atoms with Gasteiger partial charge in [-0.15, -0.1) is 0 Å². The topological polar surface area (TPSA) is 164 Å². The van der Waals surface area contributed by atoms with Crippen molar-refractivity contribution in [1.82, 2.24) is 0 Å². The largest absolute Gasteiger partial charge is 0.388 e. The summed E-state index contributed by atoms with van der Waals surface area (Å²) in [6.45, 7) is -0.295. The lowest BCUT2D eigenvalue weighted by molar-refractivity contribution is -0.385. The molecule has 0 spiro atoms. The summed E-state index contributed by atoms with van der Waals surface area (Å²) in [5.74, 6) is 0. The Bertz CT molecular complexity index is 1000. The molecule has 2 heterocycles. The zero-order chi connectivity index (χ0) is 22.8. The first-order valence-electron chi connectivity index (χ1n) is 9.72. The predicted molar refractivity (Wildman–Crippen MR) is 105 cm³/mol. The Hall–Kier alpha value is -3.00. The number of rotatable bonds is 5. The van der Waals surface area contributed by atoms with E-state index in [1.165, 1.54) is 36.4 Å². The summed E-state index contributed by atoms with van der Waals surface area (Å²) in [7, 11) is 0. The summed E-state index contributed by atoms with van der Waals surface area (Å²) >= 11 is 0. The van der Waals surface area contributed by atoms with Gasteiger partial charge in [-0.05, 0) is 0 Å². The molecule has 170 valence electrons. The van der Waals surface area contributed by atoms with Crippen LogP contribution in [0.2, 0.25) is 0 Å². The molecule has 12 heteroatoms. The van der Waals surface area contributed by atoms with Gasteiger partial charge in [0.05, 0.1) is 23.1 Å². The van der Waals surface area contributed by atoms with Crippen LogP contribution in [0, 0.1) is 20.2 Å². The lowest BCUT2D eigenvalue weighted by Crippen LogP contribution is -2.46. The monoisotopic (exact) mass is 448 g/mol. The Kier molecular flexibility index (Phi) is 6.41. The number of non-ortho nitro benzene ring substituents is 2. The fourth-order valence-corrected chi connectivity index (χ4v) is 3.58. The second-order valence-corrected chi connectivity index (χ2v) is 7.37. The molecule has 6 atom stereocenters. The van der Waals surface area contributed by atoms with Crippen molar-refractivity contribution >= 4 is 11.4 Å². The Morgan fingerprint density at radius 1 is 0.812 bits per heavy atom. The molecule has 0 aliphatic carbocycles.